The molecule has 0 aliphatic heterocycles. The van der Waals surface area contributed by atoms with Crippen LogP contribution in [0.2, 0.25) is 0 Å². The normalized spacial score (nSPS) is 10.6. The first kappa shape index (κ1) is 12.9. The highest BCUT2D eigenvalue weighted by Crippen LogP contribution is 2.21. The van der Waals surface area contributed by atoms with Crippen molar-refractivity contribution in [2.75, 3.05) is 0 Å². The lowest BCUT2D eigenvalue weighted by molar-refractivity contribution is 0.893. The Morgan fingerprint density at radius 3 is 2.17 bits per heavy atom. The third-order valence-electron chi connectivity index (χ3n) is 3.65. The highest BCUT2D eigenvalue weighted by atomic mass is 14.1. The second-order valence-electron chi connectivity index (χ2n) is 5.07. The van der Waals surface area contributed by atoms with Crippen LogP contribution >= 0.6 is 0 Å². The van der Waals surface area contributed by atoms with Gasteiger partial charge < -0.3 is 0 Å². The molecule has 0 fully saturated rings. The van der Waals surface area contributed by atoms with Gasteiger partial charge in [-0.3, -0.25) is 0 Å². The van der Waals surface area contributed by atoms with Gasteiger partial charge in [-0.25, -0.2) is 0 Å². The van der Waals surface area contributed by atoms with Gasteiger partial charge in [-0.1, -0.05) is 55.8 Å². The Morgan fingerprint density at radius 2 is 1.44 bits per heavy atom. The van der Waals surface area contributed by atoms with Crippen molar-refractivity contribution in [3.8, 4) is 0 Å². The van der Waals surface area contributed by atoms with Gasteiger partial charge in [-0.2, -0.15) is 0 Å². The van der Waals surface area contributed by atoms with Crippen LogP contribution in [-0.4, -0.2) is 0 Å². The van der Waals surface area contributed by atoms with Gasteiger partial charge in [-0.15, -0.1) is 0 Å². The van der Waals surface area contributed by atoms with E-state index in [0.717, 1.165) is 6.42 Å². The summed E-state index contributed by atoms with van der Waals surface area (Å²) < 4.78 is 0. The van der Waals surface area contributed by atoms with Gasteiger partial charge in [0.05, 0.1) is 0 Å². The summed E-state index contributed by atoms with van der Waals surface area (Å²) in [5, 5.41) is 0. The molecule has 0 nitrogen and oxygen atoms in total. The average Bonchev–Trinajstić information content (AvgIpc) is 2.36. The molecule has 0 N–H and O–H groups in total. The van der Waals surface area contributed by atoms with Crippen molar-refractivity contribution >= 4 is 0 Å². The lowest BCUT2D eigenvalue weighted by Gasteiger charge is -2.13. The van der Waals surface area contributed by atoms with Gasteiger partial charge in [0.25, 0.3) is 0 Å². The van der Waals surface area contributed by atoms with E-state index < -0.39 is 0 Å². The van der Waals surface area contributed by atoms with Crippen molar-refractivity contribution in [1.29, 1.82) is 0 Å². The van der Waals surface area contributed by atoms with Crippen LogP contribution in [0.4, 0.5) is 0 Å². The van der Waals surface area contributed by atoms with Crippen LogP contribution in [-0.2, 0) is 12.8 Å². The molecule has 0 saturated heterocycles. The molecule has 94 valence electrons. The predicted molar refractivity (Wildman–Crippen MR) is 79.2 cm³/mol. The zero-order valence-electron chi connectivity index (χ0n) is 11.7. The van der Waals surface area contributed by atoms with Gasteiger partial charge in [0, 0.05) is 0 Å². The Labute approximate surface area is 111 Å². The van der Waals surface area contributed by atoms with Crippen LogP contribution in [0.3, 0.4) is 0 Å². The maximum absolute atomic E-state index is 2.28. The van der Waals surface area contributed by atoms with Crippen molar-refractivity contribution in [2.45, 2.75) is 40.0 Å². The third-order valence-corrected chi connectivity index (χ3v) is 3.65. The molecule has 0 aliphatic rings. The summed E-state index contributed by atoms with van der Waals surface area (Å²) >= 11 is 0. The number of rotatable bonds is 4. The zero-order valence-corrected chi connectivity index (χ0v) is 11.7. The quantitative estimate of drug-likeness (QED) is 0.714. The van der Waals surface area contributed by atoms with Gasteiger partial charge in [-0.05, 0) is 54.5 Å². The van der Waals surface area contributed by atoms with Crippen molar-refractivity contribution < 1.29 is 0 Å². The molecule has 0 spiro atoms. The van der Waals surface area contributed by atoms with E-state index in [9.17, 15) is 0 Å². The van der Waals surface area contributed by atoms with Crippen molar-refractivity contribution in [1.82, 2.24) is 0 Å². The number of aryl methyl sites for hydroxylation is 2. The molecule has 0 atom stereocenters. The molecule has 0 saturated carbocycles. The minimum Gasteiger partial charge on any atom is -0.0651 e. The molecule has 0 heterocycles. The fraction of sp³-hybridized carbons (Fsp3) is 0.333. The smallest absolute Gasteiger partial charge is 0.00203 e. The number of benzene rings is 2. The number of hydrogen-bond donors (Lipinski definition) is 0. The molecule has 2 aromatic rings. The Balaban J connectivity index is 2.34. The average molecular weight is 238 g/mol. The summed E-state index contributed by atoms with van der Waals surface area (Å²) in [4.78, 5) is 0. The van der Waals surface area contributed by atoms with E-state index in [1.54, 1.807) is 5.56 Å². The third kappa shape index (κ3) is 2.81. The first-order valence-corrected chi connectivity index (χ1v) is 6.84. The molecule has 0 heteroatoms. The van der Waals surface area contributed by atoms with Crippen LogP contribution in [0.1, 0.15) is 41.2 Å². The molecule has 0 bridgehead atoms. The minimum absolute atomic E-state index is 1.06. The molecule has 2 aromatic carbocycles. The molecule has 0 unspecified atom stereocenters. The zero-order chi connectivity index (χ0) is 13.0. The lowest BCUT2D eigenvalue weighted by atomic mass is 9.92. The largest absolute Gasteiger partial charge is 0.0651 e. The van der Waals surface area contributed by atoms with Crippen molar-refractivity contribution in [3.05, 3.63) is 70.3 Å². The Hall–Kier alpha value is -1.56. The molecule has 18 heavy (non-hydrogen) atoms. The van der Waals surface area contributed by atoms with E-state index in [1.807, 2.05) is 0 Å². The van der Waals surface area contributed by atoms with Crippen LogP contribution in [0.25, 0.3) is 0 Å². The maximum Gasteiger partial charge on any atom is -0.00203 e. The van der Waals surface area contributed by atoms with Crippen LogP contribution < -0.4 is 0 Å². The predicted octanol–water partition coefficient (Wildman–Crippen LogP) is 4.85. The van der Waals surface area contributed by atoms with Gasteiger partial charge in [0.1, 0.15) is 0 Å². The fourth-order valence-electron chi connectivity index (χ4n) is 2.55. The molecule has 0 radical (unpaired) electrons. The van der Waals surface area contributed by atoms with Crippen molar-refractivity contribution in [2.24, 2.45) is 0 Å². The van der Waals surface area contributed by atoms with E-state index >= 15 is 0 Å². The highest BCUT2D eigenvalue weighted by Gasteiger charge is 2.06. The van der Waals surface area contributed by atoms with E-state index in [4.69, 9.17) is 0 Å². The second-order valence-corrected chi connectivity index (χ2v) is 5.07. The van der Waals surface area contributed by atoms with Gasteiger partial charge >= 0.3 is 0 Å². The summed E-state index contributed by atoms with van der Waals surface area (Å²) in [5.41, 5.74) is 7.30. The summed E-state index contributed by atoms with van der Waals surface area (Å²) in [6.07, 6.45) is 3.46. The SMILES string of the molecule is CCCc1c(C)cccc1Cc1ccccc1C. The maximum atomic E-state index is 2.28. The fourth-order valence-corrected chi connectivity index (χ4v) is 2.55. The van der Waals surface area contributed by atoms with Gasteiger partial charge in [0.15, 0.2) is 0 Å². The Bertz CT molecular complexity index is 523. The standard InChI is InChI=1S/C18H22/c1-4-8-18-15(3)10-7-12-17(18)13-16-11-6-5-9-14(16)2/h5-7,9-12H,4,8,13H2,1-3H3. The van der Waals surface area contributed by atoms with E-state index in [1.165, 1.54) is 35.1 Å². The Morgan fingerprint density at radius 1 is 0.778 bits per heavy atom. The monoisotopic (exact) mass is 238 g/mol. The Kier molecular flexibility index (Phi) is 4.19. The number of hydrogen-bond acceptors (Lipinski definition) is 0. The minimum atomic E-state index is 1.06. The van der Waals surface area contributed by atoms with Crippen LogP contribution in [0.5, 0.6) is 0 Å². The first-order valence-electron chi connectivity index (χ1n) is 6.84. The first-order chi connectivity index (χ1) is 8.72. The van der Waals surface area contributed by atoms with E-state index in [0.29, 0.717) is 0 Å². The molecule has 0 aliphatic carbocycles. The topological polar surface area (TPSA) is 0 Å². The summed E-state index contributed by atoms with van der Waals surface area (Å²) in [7, 11) is 0. The molecular weight excluding hydrogens is 216 g/mol. The van der Waals surface area contributed by atoms with Gasteiger partial charge in [0.2, 0.25) is 0 Å². The summed E-state index contributed by atoms with van der Waals surface area (Å²) in [6.45, 7) is 6.68. The lowest BCUT2D eigenvalue weighted by Crippen LogP contribution is -1.99. The van der Waals surface area contributed by atoms with Crippen LogP contribution in [0, 0.1) is 13.8 Å². The van der Waals surface area contributed by atoms with Crippen molar-refractivity contribution in [3.63, 3.8) is 0 Å². The second kappa shape index (κ2) is 5.86. The molecular formula is C18H22. The van der Waals surface area contributed by atoms with E-state index in [-0.39, 0.29) is 0 Å². The summed E-state index contributed by atoms with van der Waals surface area (Å²) in [6, 6.07) is 15.4. The van der Waals surface area contributed by atoms with Crippen LogP contribution in [0.15, 0.2) is 42.5 Å². The molecule has 2 rings (SSSR count). The molecule has 0 aromatic heterocycles. The summed E-state index contributed by atoms with van der Waals surface area (Å²) in [5.74, 6) is 0. The van der Waals surface area contributed by atoms with E-state index in [2.05, 4.69) is 63.2 Å². The molecule has 0 amide bonds. The highest BCUT2D eigenvalue weighted by molar-refractivity contribution is 5.39.